The number of hydrogen-bond acceptors (Lipinski definition) is 4. The molecule has 0 saturated carbocycles. The molecule has 0 saturated heterocycles. The maximum Gasteiger partial charge on any atom is 0.246 e. The molecule has 0 aliphatic heterocycles. The van der Waals surface area contributed by atoms with Gasteiger partial charge in [0.15, 0.2) is 0 Å². The number of carbonyl (C=O) groups excluding carboxylic acids is 3. The smallest absolute Gasteiger partial charge is 0.246 e. The Morgan fingerprint density at radius 2 is 1.72 bits per heavy atom. The van der Waals surface area contributed by atoms with Crippen LogP contribution < -0.4 is 16.4 Å². The predicted molar refractivity (Wildman–Crippen MR) is 99.3 cm³/mol. The van der Waals surface area contributed by atoms with Crippen LogP contribution in [0.5, 0.6) is 0 Å². The van der Waals surface area contributed by atoms with E-state index >= 15 is 0 Å². The first-order valence-corrected chi connectivity index (χ1v) is 8.75. The van der Waals surface area contributed by atoms with Crippen molar-refractivity contribution in [2.75, 3.05) is 11.9 Å². The number of rotatable bonds is 10. The van der Waals surface area contributed by atoms with Gasteiger partial charge < -0.3 is 16.4 Å². The minimum atomic E-state index is -0.606. The van der Waals surface area contributed by atoms with E-state index in [1.54, 1.807) is 24.3 Å². The van der Waals surface area contributed by atoms with Crippen molar-refractivity contribution in [1.82, 2.24) is 5.32 Å². The molecule has 0 fully saturated rings. The summed E-state index contributed by atoms with van der Waals surface area (Å²) in [4.78, 5) is 35.6. The third-order valence-electron chi connectivity index (χ3n) is 4.31. The SMILES string of the molecule is CC(C)C(C)C(=O)N[C@@H](CCCCN)C(=O)Nc1ccc(C=O)cc1. The van der Waals surface area contributed by atoms with E-state index in [2.05, 4.69) is 10.6 Å². The van der Waals surface area contributed by atoms with Crippen molar-refractivity contribution < 1.29 is 14.4 Å². The molecule has 25 heavy (non-hydrogen) atoms. The number of nitrogens with two attached hydrogens (primary N) is 1. The Bertz CT molecular complexity index is 570. The van der Waals surface area contributed by atoms with E-state index in [1.807, 2.05) is 20.8 Å². The Balaban J connectivity index is 2.76. The second kappa shape index (κ2) is 10.6. The van der Waals surface area contributed by atoms with Crippen LogP contribution in [0.1, 0.15) is 50.4 Å². The number of aldehydes is 1. The van der Waals surface area contributed by atoms with Crippen molar-refractivity contribution in [3.63, 3.8) is 0 Å². The van der Waals surface area contributed by atoms with E-state index in [0.717, 1.165) is 19.1 Å². The molecule has 4 N–H and O–H groups in total. The van der Waals surface area contributed by atoms with Crippen LogP contribution in [-0.4, -0.2) is 30.7 Å². The summed E-state index contributed by atoms with van der Waals surface area (Å²) in [6.07, 6.45) is 2.84. The quantitative estimate of drug-likeness (QED) is 0.446. The first kappa shape index (κ1) is 20.8. The van der Waals surface area contributed by atoms with Crippen molar-refractivity contribution in [2.45, 2.75) is 46.1 Å². The number of benzene rings is 1. The Hall–Kier alpha value is -2.21. The lowest BCUT2D eigenvalue weighted by molar-refractivity contribution is -0.130. The molecule has 138 valence electrons. The van der Waals surface area contributed by atoms with Gasteiger partial charge in [-0.15, -0.1) is 0 Å². The molecule has 1 unspecified atom stereocenters. The largest absolute Gasteiger partial charge is 0.344 e. The molecule has 0 aliphatic rings. The van der Waals surface area contributed by atoms with Crippen LogP contribution in [0.2, 0.25) is 0 Å². The highest BCUT2D eigenvalue weighted by Crippen LogP contribution is 2.13. The summed E-state index contributed by atoms with van der Waals surface area (Å²) in [7, 11) is 0. The minimum absolute atomic E-state index is 0.126. The highest BCUT2D eigenvalue weighted by molar-refractivity contribution is 5.97. The van der Waals surface area contributed by atoms with E-state index in [-0.39, 0.29) is 23.7 Å². The molecule has 0 aliphatic carbocycles. The number of nitrogens with one attached hydrogen (secondary N) is 2. The van der Waals surface area contributed by atoms with Gasteiger partial charge in [0.1, 0.15) is 12.3 Å². The fourth-order valence-corrected chi connectivity index (χ4v) is 2.24. The summed E-state index contributed by atoms with van der Waals surface area (Å²) in [6, 6.07) is 5.98. The van der Waals surface area contributed by atoms with Gasteiger partial charge in [0, 0.05) is 17.2 Å². The zero-order valence-electron chi connectivity index (χ0n) is 15.2. The second-order valence-corrected chi connectivity index (χ2v) is 6.61. The molecule has 2 amide bonds. The van der Waals surface area contributed by atoms with Gasteiger partial charge in [-0.25, -0.2) is 0 Å². The van der Waals surface area contributed by atoms with Gasteiger partial charge in [-0.1, -0.05) is 20.8 Å². The van der Waals surface area contributed by atoms with E-state index < -0.39 is 6.04 Å². The Kier molecular flexibility index (Phi) is 8.84. The average Bonchev–Trinajstić information content (AvgIpc) is 2.60. The van der Waals surface area contributed by atoms with Gasteiger partial charge in [-0.05, 0) is 56.0 Å². The molecule has 1 aromatic rings. The van der Waals surface area contributed by atoms with Gasteiger partial charge in [0.05, 0.1) is 0 Å². The Labute approximate surface area is 149 Å². The molecular weight excluding hydrogens is 318 g/mol. The summed E-state index contributed by atoms with van der Waals surface area (Å²) in [5.74, 6) is -0.361. The van der Waals surface area contributed by atoms with Crippen molar-refractivity contribution >= 4 is 23.8 Å². The number of amides is 2. The molecule has 0 radical (unpaired) electrons. The third-order valence-corrected chi connectivity index (χ3v) is 4.31. The minimum Gasteiger partial charge on any atom is -0.344 e. The van der Waals surface area contributed by atoms with Crippen molar-refractivity contribution in [1.29, 1.82) is 0 Å². The van der Waals surface area contributed by atoms with Crippen molar-refractivity contribution in [2.24, 2.45) is 17.6 Å². The molecule has 1 rings (SSSR count). The monoisotopic (exact) mass is 347 g/mol. The number of anilines is 1. The predicted octanol–water partition coefficient (Wildman–Crippen LogP) is 2.34. The first-order chi connectivity index (χ1) is 11.9. The summed E-state index contributed by atoms with van der Waals surface area (Å²) < 4.78 is 0. The number of hydrogen-bond donors (Lipinski definition) is 3. The summed E-state index contributed by atoms with van der Waals surface area (Å²) in [6.45, 7) is 6.36. The second-order valence-electron chi connectivity index (χ2n) is 6.61. The number of carbonyl (C=O) groups is 3. The first-order valence-electron chi connectivity index (χ1n) is 8.75. The molecule has 6 nitrogen and oxygen atoms in total. The summed E-state index contributed by atoms with van der Waals surface area (Å²) >= 11 is 0. The van der Waals surface area contributed by atoms with Gasteiger partial charge >= 0.3 is 0 Å². The molecule has 6 heteroatoms. The molecule has 2 atom stereocenters. The highest BCUT2D eigenvalue weighted by Gasteiger charge is 2.24. The van der Waals surface area contributed by atoms with Crippen molar-refractivity contribution in [3.05, 3.63) is 29.8 Å². The van der Waals surface area contributed by atoms with Gasteiger partial charge in [-0.3, -0.25) is 14.4 Å². The van der Waals surface area contributed by atoms with E-state index in [9.17, 15) is 14.4 Å². The van der Waals surface area contributed by atoms with Crippen LogP contribution in [0.15, 0.2) is 24.3 Å². The lowest BCUT2D eigenvalue weighted by Crippen LogP contribution is -2.46. The molecule has 0 bridgehead atoms. The van der Waals surface area contributed by atoms with E-state index in [1.165, 1.54) is 0 Å². The lowest BCUT2D eigenvalue weighted by atomic mass is 9.96. The van der Waals surface area contributed by atoms with E-state index in [0.29, 0.717) is 24.2 Å². The standard InChI is InChI=1S/C19H29N3O3/c1-13(2)14(3)18(24)22-17(6-4-5-11-20)19(25)21-16-9-7-15(12-23)8-10-16/h7-10,12-14,17H,4-6,11,20H2,1-3H3,(H,21,25)(H,22,24)/t14?,17-/m0/s1. The zero-order chi connectivity index (χ0) is 18.8. The van der Waals surface area contributed by atoms with Crippen LogP contribution >= 0.6 is 0 Å². The van der Waals surface area contributed by atoms with Crippen LogP contribution in [-0.2, 0) is 9.59 Å². The van der Waals surface area contributed by atoms with Crippen LogP contribution in [0.3, 0.4) is 0 Å². The normalized spacial score (nSPS) is 13.2. The molecule has 0 spiro atoms. The molecule has 0 heterocycles. The maximum atomic E-state index is 12.6. The lowest BCUT2D eigenvalue weighted by Gasteiger charge is -2.22. The molecule has 0 aromatic heterocycles. The van der Waals surface area contributed by atoms with Gasteiger partial charge in [0.25, 0.3) is 0 Å². The summed E-state index contributed by atoms with van der Waals surface area (Å²) in [5.41, 5.74) is 6.64. The molecular formula is C19H29N3O3. The summed E-state index contributed by atoms with van der Waals surface area (Å²) in [5, 5.41) is 5.64. The number of unbranched alkanes of at least 4 members (excludes halogenated alkanes) is 1. The topological polar surface area (TPSA) is 101 Å². The zero-order valence-corrected chi connectivity index (χ0v) is 15.2. The van der Waals surface area contributed by atoms with Crippen LogP contribution in [0.4, 0.5) is 5.69 Å². The highest BCUT2D eigenvalue weighted by atomic mass is 16.2. The fraction of sp³-hybridized carbons (Fsp3) is 0.526. The van der Waals surface area contributed by atoms with E-state index in [4.69, 9.17) is 5.73 Å². The van der Waals surface area contributed by atoms with Crippen molar-refractivity contribution in [3.8, 4) is 0 Å². The third kappa shape index (κ3) is 7.05. The van der Waals surface area contributed by atoms with Gasteiger partial charge in [-0.2, -0.15) is 0 Å². The molecule has 1 aromatic carbocycles. The van der Waals surface area contributed by atoms with Crippen LogP contribution in [0.25, 0.3) is 0 Å². The van der Waals surface area contributed by atoms with Crippen LogP contribution in [0, 0.1) is 11.8 Å². The average molecular weight is 347 g/mol. The van der Waals surface area contributed by atoms with Gasteiger partial charge in [0.2, 0.25) is 11.8 Å². The Morgan fingerprint density at radius 1 is 1.08 bits per heavy atom. The Morgan fingerprint density at radius 3 is 2.24 bits per heavy atom. The fourth-order valence-electron chi connectivity index (χ4n) is 2.24. The maximum absolute atomic E-state index is 12.6.